The molecule has 2 aromatic carbocycles. The van der Waals surface area contributed by atoms with Crippen LogP contribution in [0.2, 0.25) is 15.1 Å². The smallest absolute Gasteiger partial charge is 0.410 e. The molecular weight excluding hydrogens is 459 g/mol. The van der Waals surface area contributed by atoms with Crippen molar-refractivity contribution in [3.63, 3.8) is 0 Å². The Morgan fingerprint density at radius 1 is 1.00 bits per heavy atom. The van der Waals surface area contributed by atoms with Gasteiger partial charge in [0.1, 0.15) is 6.10 Å². The highest BCUT2D eigenvalue weighted by Crippen LogP contribution is 2.28. The van der Waals surface area contributed by atoms with Gasteiger partial charge in [-0.05, 0) is 35.9 Å². The van der Waals surface area contributed by atoms with Gasteiger partial charge in [-0.25, -0.2) is 9.78 Å². The first kappa shape index (κ1) is 21.8. The van der Waals surface area contributed by atoms with E-state index in [4.69, 9.17) is 39.5 Å². The fraction of sp³-hybridized carbons (Fsp3) is 0.273. The fourth-order valence-electron chi connectivity index (χ4n) is 3.50. The Balaban J connectivity index is 1.40. The molecule has 4 rings (SSSR count). The van der Waals surface area contributed by atoms with Gasteiger partial charge in [0.05, 0.1) is 22.9 Å². The van der Waals surface area contributed by atoms with E-state index >= 15 is 0 Å². The van der Waals surface area contributed by atoms with Gasteiger partial charge in [-0.15, -0.1) is 0 Å². The minimum Gasteiger partial charge on any atom is -0.439 e. The molecule has 3 aromatic rings. The van der Waals surface area contributed by atoms with Crippen molar-refractivity contribution in [3.8, 4) is 0 Å². The maximum absolute atomic E-state index is 12.9. The molecule has 1 aliphatic rings. The average Bonchev–Trinajstić information content (AvgIpc) is 3.29. The van der Waals surface area contributed by atoms with Crippen molar-refractivity contribution in [2.24, 2.45) is 0 Å². The van der Waals surface area contributed by atoms with Gasteiger partial charge in [0.25, 0.3) is 0 Å². The first-order chi connectivity index (χ1) is 15.0. The molecule has 1 aliphatic heterocycles. The Labute approximate surface area is 195 Å². The molecular formula is C22H21Cl3N4O2. The molecule has 31 heavy (non-hydrogen) atoms. The highest BCUT2D eigenvalue weighted by atomic mass is 35.5. The van der Waals surface area contributed by atoms with Crippen LogP contribution in [-0.2, 0) is 11.3 Å². The summed E-state index contributed by atoms with van der Waals surface area (Å²) in [5, 5.41) is 1.68. The predicted molar refractivity (Wildman–Crippen MR) is 123 cm³/mol. The third-order valence-corrected chi connectivity index (χ3v) is 6.22. The summed E-state index contributed by atoms with van der Waals surface area (Å²) in [6.45, 7) is 2.94. The van der Waals surface area contributed by atoms with Crippen molar-refractivity contribution < 1.29 is 9.53 Å². The molecule has 0 spiro atoms. The third kappa shape index (κ3) is 5.45. The van der Waals surface area contributed by atoms with Gasteiger partial charge in [0.2, 0.25) is 0 Å². The molecule has 1 unspecified atom stereocenters. The Morgan fingerprint density at radius 2 is 1.74 bits per heavy atom. The van der Waals surface area contributed by atoms with Gasteiger partial charge in [0.15, 0.2) is 0 Å². The number of rotatable bonds is 5. The highest BCUT2D eigenvalue weighted by Gasteiger charge is 2.26. The van der Waals surface area contributed by atoms with Gasteiger partial charge in [-0.3, -0.25) is 0 Å². The van der Waals surface area contributed by atoms with Crippen molar-refractivity contribution in [1.29, 1.82) is 0 Å². The molecule has 1 saturated heterocycles. The zero-order valence-electron chi connectivity index (χ0n) is 16.6. The average molecular weight is 480 g/mol. The summed E-state index contributed by atoms with van der Waals surface area (Å²) >= 11 is 18.2. The Morgan fingerprint density at radius 3 is 2.39 bits per heavy atom. The number of ether oxygens (including phenoxy) is 1. The number of imidazole rings is 1. The van der Waals surface area contributed by atoms with Gasteiger partial charge >= 0.3 is 6.09 Å². The predicted octanol–water partition coefficient (Wildman–Crippen LogP) is 5.54. The number of hydrogen-bond donors (Lipinski definition) is 0. The number of carbonyl (C=O) groups is 1. The summed E-state index contributed by atoms with van der Waals surface area (Å²) in [7, 11) is 0. The van der Waals surface area contributed by atoms with Crippen LogP contribution < -0.4 is 4.90 Å². The van der Waals surface area contributed by atoms with Crippen LogP contribution in [0.15, 0.2) is 61.2 Å². The summed E-state index contributed by atoms with van der Waals surface area (Å²) in [5.74, 6) is 0. The summed E-state index contributed by atoms with van der Waals surface area (Å²) in [6.07, 6.45) is 4.45. The van der Waals surface area contributed by atoms with Crippen LogP contribution in [0.5, 0.6) is 0 Å². The molecule has 1 amide bonds. The summed E-state index contributed by atoms with van der Waals surface area (Å²) in [6, 6.07) is 12.9. The van der Waals surface area contributed by atoms with Crippen LogP contribution in [0.25, 0.3) is 0 Å². The Kier molecular flexibility index (Phi) is 6.90. The number of carbonyl (C=O) groups excluding carboxylic acids is 1. The normalized spacial score (nSPS) is 15.1. The molecule has 0 N–H and O–H groups in total. The molecule has 1 aromatic heterocycles. The molecule has 0 saturated carbocycles. The van der Waals surface area contributed by atoms with E-state index in [1.165, 1.54) is 0 Å². The van der Waals surface area contributed by atoms with Crippen molar-refractivity contribution in [2.75, 3.05) is 31.1 Å². The zero-order valence-corrected chi connectivity index (χ0v) is 18.9. The first-order valence-corrected chi connectivity index (χ1v) is 11.0. The Hall–Kier alpha value is -2.41. The van der Waals surface area contributed by atoms with Crippen LogP contribution in [0, 0.1) is 0 Å². The lowest BCUT2D eigenvalue weighted by Gasteiger charge is -2.36. The van der Waals surface area contributed by atoms with Gasteiger partial charge in [0, 0.05) is 49.3 Å². The molecule has 0 radical (unpaired) electrons. The molecule has 1 fully saturated rings. The number of aromatic nitrogens is 2. The highest BCUT2D eigenvalue weighted by molar-refractivity contribution is 6.42. The van der Waals surface area contributed by atoms with Gasteiger partial charge < -0.3 is 19.1 Å². The first-order valence-electron chi connectivity index (χ1n) is 9.86. The van der Waals surface area contributed by atoms with E-state index in [1.54, 1.807) is 35.6 Å². The maximum Gasteiger partial charge on any atom is 0.410 e. The number of amides is 1. The van der Waals surface area contributed by atoms with Crippen molar-refractivity contribution in [2.45, 2.75) is 12.6 Å². The van der Waals surface area contributed by atoms with E-state index in [0.717, 1.165) is 11.3 Å². The van der Waals surface area contributed by atoms with E-state index in [9.17, 15) is 4.79 Å². The lowest BCUT2D eigenvalue weighted by atomic mass is 10.1. The number of anilines is 1. The summed E-state index contributed by atoms with van der Waals surface area (Å²) < 4.78 is 7.79. The monoisotopic (exact) mass is 478 g/mol. The van der Waals surface area contributed by atoms with Crippen LogP contribution in [0.4, 0.5) is 10.5 Å². The second-order valence-corrected chi connectivity index (χ2v) is 8.51. The lowest BCUT2D eigenvalue weighted by Crippen LogP contribution is -2.49. The van der Waals surface area contributed by atoms with E-state index in [-0.39, 0.29) is 6.09 Å². The number of piperazine rings is 1. The number of nitrogens with zero attached hydrogens (tertiary/aromatic N) is 4. The number of halogens is 3. The van der Waals surface area contributed by atoms with Crippen LogP contribution >= 0.6 is 34.8 Å². The second-order valence-electron chi connectivity index (χ2n) is 7.26. The minimum atomic E-state index is -0.452. The standard InChI is InChI=1S/C22H21Cl3N4O2/c23-17-3-1-16(2-4-17)21(14-27-8-7-26-15-27)31-22(30)29-11-9-28(10-12-29)18-5-6-19(24)20(25)13-18/h1-8,13,15,21H,9-12,14H2. The SMILES string of the molecule is O=C(OC(Cn1ccnc1)c1ccc(Cl)cc1)N1CCN(c2ccc(Cl)c(Cl)c2)CC1. The van der Waals surface area contributed by atoms with Gasteiger partial charge in [-0.1, -0.05) is 46.9 Å². The van der Waals surface area contributed by atoms with Crippen molar-refractivity contribution in [1.82, 2.24) is 14.5 Å². The molecule has 6 nitrogen and oxygen atoms in total. The van der Waals surface area contributed by atoms with Crippen molar-refractivity contribution in [3.05, 3.63) is 81.8 Å². The van der Waals surface area contributed by atoms with E-state index in [0.29, 0.717) is 47.8 Å². The molecule has 9 heteroatoms. The molecule has 0 aliphatic carbocycles. The number of benzene rings is 2. The van der Waals surface area contributed by atoms with Crippen LogP contribution in [-0.4, -0.2) is 46.7 Å². The molecule has 1 atom stereocenters. The number of hydrogen-bond acceptors (Lipinski definition) is 4. The topological polar surface area (TPSA) is 50.6 Å². The van der Waals surface area contributed by atoms with E-state index in [1.807, 2.05) is 35.0 Å². The largest absolute Gasteiger partial charge is 0.439 e. The van der Waals surface area contributed by atoms with Crippen molar-refractivity contribution >= 4 is 46.6 Å². The zero-order chi connectivity index (χ0) is 21.8. The summed E-state index contributed by atoms with van der Waals surface area (Å²) in [5.41, 5.74) is 1.86. The molecule has 2 heterocycles. The fourth-order valence-corrected chi connectivity index (χ4v) is 3.92. The van der Waals surface area contributed by atoms with Gasteiger partial charge in [-0.2, -0.15) is 0 Å². The lowest BCUT2D eigenvalue weighted by molar-refractivity contribution is 0.0530. The quantitative estimate of drug-likeness (QED) is 0.482. The second kappa shape index (κ2) is 9.81. The van der Waals surface area contributed by atoms with Crippen LogP contribution in [0.1, 0.15) is 11.7 Å². The minimum absolute atomic E-state index is 0.339. The maximum atomic E-state index is 12.9. The molecule has 0 bridgehead atoms. The Bertz CT molecular complexity index is 1020. The van der Waals surface area contributed by atoms with E-state index < -0.39 is 6.10 Å². The molecule has 162 valence electrons. The van der Waals surface area contributed by atoms with Crippen LogP contribution in [0.3, 0.4) is 0 Å². The summed E-state index contributed by atoms with van der Waals surface area (Å²) in [4.78, 5) is 20.9. The van der Waals surface area contributed by atoms with E-state index in [2.05, 4.69) is 9.88 Å². The third-order valence-electron chi connectivity index (χ3n) is 5.23.